The molecule has 21 heavy (non-hydrogen) atoms. The molecule has 4 nitrogen and oxygen atoms in total. The summed E-state index contributed by atoms with van der Waals surface area (Å²) in [5, 5.41) is 6.69. The number of para-hydroxylation sites is 1. The first-order valence-electron chi connectivity index (χ1n) is 7.49. The summed E-state index contributed by atoms with van der Waals surface area (Å²) in [6.07, 6.45) is 5.46. The molecular formula is C16H24N2O2S. The van der Waals surface area contributed by atoms with E-state index in [0.29, 0.717) is 24.5 Å². The van der Waals surface area contributed by atoms with E-state index in [2.05, 4.69) is 16.9 Å². The summed E-state index contributed by atoms with van der Waals surface area (Å²) in [4.78, 5) is 12.1. The molecule has 2 amide bonds. The average Bonchev–Trinajstić information content (AvgIpc) is 2.94. The minimum atomic E-state index is -0.120. The predicted molar refractivity (Wildman–Crippen MR) is 88.9 cm³/mol. The zero-order valence-corrected chi connectivity index (χ0v) is 13.5. The Hall–Kier alpha value is -1.20. The van der Waals surface area contributed by atoms with Crippen molar-refractivity contribution in [2.24, 2.45) is 0 Å². The third kappa shape index (κ3) is 4.93. The molecule has 1 aliphatic carbocycles. The van der Waals surface area contributed by atoms with Crippen LogP contribution in [0, 0.1) is 0 Å². The van der Waals surface area contributed by atoms with Gasteiger partial charge < -0.3 is 15.4 Å². The van der Waals surface area contributed by atoms with Gasteiger partial charge in [0, 0.05) is 29.1 Å². The highest BCUT2D eigenvalue weighted by molar-refractivity contribution is 7.99. The Morgan fingerprint density at radius 3 is 2.90 bits per heavy atom. The van der Waals surface area contributed by atoms with E-state index in [4.69, 9.17) is 4.74 Å². The molecule has 1 aliphatic rings. The Morgan fingerprint density at radius 2 is 2.19 bits per heavy atom. The molecule has 116 valence electrons. The van der Waals surface area contributed by atoms with E-state index < -0.39 is 0 Å². The van der Waals surface area contributed by atoms with Gasteiger partial charge in [-0.15, -0.1) is 0 Å². The van der Waals surface area contributed by atoms with Gasteiger partial charge in [-0.1, -0.05) is 18.2 Å². The second-order valence-corrected chi connectivity index (χ2v) is 6.40. The van der Waals surface area contributed by atoms with Crippen molar-refractivity contribution in [3.8, 4) is 0 Å². The van der Waals surface area contributed by atoms with Gasteiger partial charge in [0.05, 0.1) is 6.61 Å². The molecule has 1 saturated carbocycles. The van der Waals surface area contributed by atoms with Gasteiger partial charge in [-0.25, -0.2) is 4.79 Å². The molecule has 0 saturated heterocycles. The largest absolute Gasteiger partial charge is 0.377 e. The van der Waals surface area contributed by atoms with Crippen molar-refractivity contribution >= 4 is 23.5 Å². The molecule has 2 atom stereocenters. The molecule has 0 unspecified atom stereocenters. The molecule has 0 spiro atoms. The van der Waals surface area contributed by atoms with Gasteiger partial charge in [0.1, 0.15) is 0 Å². The van der Waals surface area contributed by atoms with Gasteiger partial charge in [0.2, 0.25) is 0 Å². The minimum Gasteiger partial charge on any atom is -0.377 e. The second-order valence-electron chi connectivity index (χ2n) is 5.26. The maximum absolute atomic E-state index is 12.1. The fourth-order valence-corrected chi connectivity index (χ4v) is 3.41. The second kappa shape index (κ2) is 8.29. The Morgan fingerprint density at radius 1 is 1.38 bits per heavy atom. The van der Waals surface area contributed by atoms with Crippen molar-refractivity contribution in [3.63, 3.8) is 0 Å². The molecule has 0 heterocycles. The molecule has 0 bridgehead atoms. The Labute approximate surface area is 131 Å². The lowest BCUT2D eigenvalue weighted by Gasteiger charge is -2.15. The van der Waals surface area contributed by atoms with Gasteiger partial charge in [-0.2, -0.15) is 11.8 Å². The highest BCUT2D eigenvalue weighted by Crippen LogP contribution is 2.28. The van der Waals surface area contributed by atoms with E-state index in [9.17, 15) is 4.79 Å². The first-order chi connectivity index (χ1) is 10.2. The van der Waals surface area contributed by atoms with E-state index >= 15 is 0 Å². The van der Waals surface area contributed by atoms with Crippen LogP contribution < -0.4 is 10.6 Å². The van der Waals surface area contributed by atoms with E-state index in [0.717, 1.165) is 24.1 Å². The monoisotopic (exact) mass is 308 g/mol. The fraction of sp³-hybridized carbons (Fsp3) is 0.562. The highest BCUT2D eigenvalue weighted by Gasteiger charge is 2.25. The van der Waals surface area contributed by atoms with Crippen LogP contribution in [0.3, 0.4) is 0 Å². The molecule has 0 aliphatic heterocycles. The number of nitrogens with one attached hydrogen (secondary N) is 2. The molecule has 1 fully saturated rings. The molecular weight excluding hydrogens is 284 g/mol. The third-order valence-corrected chi connectivity index (χ3v) is 4.88. The summed E-state index contributed by atoms with van der Waals surface area (Å²) in [6.45, 7) is 3.15. The first kappa shape index (κ1) is 16.2. The number of carbonyl (C=O) groups is 1. The van der Waals surface area contributed by atoms with Crippen LogP contribution in [0.4, 0.5) is 10.5 Å². The molecule has 2 N–H and O–H groups in total. The highest BCUT2D eigenvalue weighted by atomic mass is 32.2. The van der Waals surface area contributed by atoms with Crippen molar-refractivity contribution in [1.29, 1.82) is 0 Å². The number of hydrogen-bond acceptors (Lipinski definition) is 3. The molecule has 1 aromatic carbocycles. The van der Waals surface area contributed by atoms with E-state index in [1.165, 1.54) is 6.42 Å². The van der Waals surface area contributed by atoms with E-state index in [1.807, 2.05) is 43.0 Å². The topological polar surface area (TPSA) is 50.4 Å². The predicted octanol–water partition coefficient (Wildman–Crippen LogP) is 3.63. The summed E-state index contributed by atoms with van der Waals surface area (Å²) in [6, 6.07) is 7.94. The summed E-state index contributed by atoms with van der Waals surface area (Å²) in [5.74, 6) is 0. The zero-order chi connectivity index (χ0) is 15.1. The van der Waals surface area contributed by atoms with Crippen molar-refractivity contribution < 1.29 is 9.53 Å². The van der Waals surface area contributed by atoms with Crippen LogP contribution in [0.2, 0.25) is 0 Å². The molecule has 0 aromatic heterocycles. The van der Waals surface area contributed by atoms with Crippen molar-refractivity contribution in [2.75, 3.05) is 18.2 Å². The van der Waals surface area contributed by atoms with Gasteiger partial charge in [0.25, 0.3) is 0 Å². The smallest absolute Gasteiger partial charge is 0.319 e. The molecule has 5 heteroatoms. The summed E-state index contributed by atoms with van der Waals surface area (Å²) in [5.41, 5.74) is 1.82. The molecule has 1 aromatic rings. The normalized spacial score (nSPS) is 21.2. The molecule has 0 radical (unpaired) electrons. The number of benzene rings is 1. The number of anilines is 1. The lowest BCUT2D eigenvalue weighted by molar-refractivity contribution is 0.134. The van der Waals surface area contributed by atoms with Gasteiger partial charge >= 0.3 is 6.03 Å². The van der Waals surface area contributed by atoms with Gasteiger partial charge in [-0.05, 0) is 38.5 Å². The van der Waals surface area contributed by atoms with E-state index in [1.54, 1.807) is 0 Å². The van der Waals surface area contributed by atoms with Crippen LogP contribution >= 0.6 is 11.8 Å². The Balaban J connectivity index is 1.87. The zero-order valence-electron chi connectivity index (χ0n) is 12.7. The van der Waals surface area contributed by atoms with Crippen LogP contribution in [0.5, 0.6) is 0 Å². The summed E-state index contributed by atoms with van der Waals surface area (Å²) < 4.78 is 5.43. The lowest BCUT2D eigenvalue weighted by Crippen LogP contribution is -2.36. The average molecular weight is 308 g/mol. The lowest BCUT2D eigenvalue weighted by atomic mass is 10.2. The van der Waals surface area contributed by atoms with Crippen LogP contribution in [0.15, 0.2) is 24.3 Å². The third-order valence-electron chi connectivity index (χ3n) is 3.78. The van der Waals surface area contributed by atoms with Gasteiger partial charge in [-0.3, -0.25) is 0 Å². The van der Waals surface area contributed by atoms with Crippen LogP contribution in [0.25, 0.3) is 0 Å². The number of amides is 2. The van der Waals surface area contributed by atoms with Crippen LogP contribution in [-0.2, 0) is 11.3 Å². The maximum Gasteiger partial charge on any atom is 0.319 e. The number of carbonyl (C=O) groups excluding carboxylic acids is 1. The van der Waals surface area contributed by atoms with E-state index in [-0.39, 0.29) is 6.03 Å². The number of urea groups is 1. The Kier molecular flexibility index (Phi) is 6.39. The maximum atomic E-state index is 12.1. The van der Waals surface area contributed by atoms with Crippen LogP contribution in [0.1, 0.15) is 31.7 Å². The fourth-order valence-electron chi connectivity index (χ4n) is 2.61. The number of hydrogen-bond donors (Lipinski definition) is 2. The number of rotatable bonds is 6. The molecule has 2 rings (SSSR count). The Bertz CT molecular complexity index is 467. The number of ether oxygens (including phenoxy) is 1. The minimum absolute atomic E-state index is 0.120. The van der Waals surface area contributed by atoms with Crippen molar-refractivity contribution in [1.82, 2.24) is 5.32 Å². The SMILES string of the molecule is CCOCc1ccccc1NC(=O)N[C@H]1CC[C@H](SC)C1. The quantitative estimate of drug-likeness (QED) is 0.844. The number of thioether (sulfide) groups is 1. The van der Waals surface area contributed by atoms with Gasteiger partial charge in [0.15, 0.2) is 0 Å². The standard InChI is InChI=1S/C16H24N2O2S/c1-3-20-11-12-6-4-5-7-15(12)18-16(19)17-13-8-9-14(10-13)21-2/h4-7,13-14H,3,8-11H2,1-2H3,(H2,17,18,19)/t13-,14-/m0/s1. The summed E-state index contributed by atoms with van der Waals surface area (Å²) >= 11 is 1.89. The van der Waals surface area contributed by atoms with Crippen molar-refractivity contribution in [2.45, 2.75) is 44.1 Å². The summed E-state index contributed by atoms with van der Waals surface area (Å²) in [7, 11) is 0. The first-order valence-corrected chi connectivity index (χ1v) is 8.77. The van der Waals surface area contributed by atoms with Crippen molar-refractivity contribution in [3.05, 3.63) is 29.8 Å². The van der Waals surface area contributed by atoms with Crippen LogP contribution in [-0.4, -0.2) is 30.2 Å².